The van der Waals surface area contributed by atoms with Crippen LogP contribution in [0, 0.1) is 11.5 Å². The molecule has 2 rings (SSSR count). The largest absolute Gasteiger partial charge is 0.491 e. The molecule has 2 N–H and O–H groups in total. The van der Waals surface area contributed by atoms with E-state index in [-0.39, 0.29) is 6.04 Å². The number of rotatable bonds is 3. The highest BCUT2D eigenvalue weighted by Crippen LogP contribution is 2.18. The van der Waals surface area contributed by atoms with Crippen LogP contribution >= 0.6 is 0 Å². The summed E-state index contributed by atoms with van der Waals surface area (Å²) in [6, 6.07) is 3.64. The molecule has 0 spiro atoms. The number of nitrogens with zero attached hydrogens (tertiary/aromatic N) is 3. The van der Waals surface area contributed by atoms with Crippen LogP contribution in [0.5, 0.6) is 5.75 Å². The summed E-state index contributed by atoms with van der Waals surface area (Å²) in [5.74, 6) is 1.14. The zero-order valence-corrected chi connectivity index (χ0v) is 8.26. The molecule has 1 aliphatic rings. The zero-order chi connectivity index (χ0) is 10.7. The van der Waals surface area contributed by atoms with E-state index < -0.39 is 0 Å². The van der Waals surface area contributed by atoms with E-state index in [1.165, 1.54) is 0 Å². The Morgan fingerprint density at radius 2 is 2.60 bits per heavy atom. The Balaban J connectivity index is 1.86. The van der Waals surface area contributed by atoms with Gasteiger partial charge >= 0.3 is 0 Å². The second kappa shape index (κ2) is 4.05. The first-order chi connectivity index (χ1) is 7.29. The molecule has 5 heteroatoms. The number of hydrogen-bond acceptors (Lipinski definition) is 5. The Bertz CT molecular complexity index is 387. The van der Waals surface area contributed by atoms with Gasteiger partial charge in [0.25, 0.3) is 0 Å². The summed E-state index contributed by atoms with van der Waals surface area (Å²) in [5.41, 5.74) is 5.51. The van der Waals surface area contributed by atoms with Gasteiger partial charge in [-0.1, -0.05) is 0 Å². The van der Waals surface area contributed by atoms with Gasteiger partial charge in [-0.15, -0.1) is 0 Å². The molecule has 1 aromatic heterocycles. The number of nitrogens with two attached hydrogens (primary N) is 1. The molecule has 1 atom stereocenters. The summed E-state index contributed by atoms with van der Waals surface area (Å²) in [6.45, 7) is 1.36. The van der Waals surface area contributed by atoms with Crippen LogP contribution in [-0.4, -0.2) is 29.1 Å². The summed E-state index contributed by atoms with van der Waals surface area (Å²) in [7, 11) is 0. The van der Waals surface area contributed by atoms with Crippen LogP contribution in [0.1, 0.15) is 6.42 Å². The van der Waals surface area contributed by atoms with Gasteiger partial charge in [-0.25, -0.2) is 4.98 Å². The van der Waals surface area contributed by atoms with Gasteiger partial charge in [-0.05, 0) is 12.5 Å². The van der Waals surface area contributed by atoms with Crippen molar-refractivity contribution in [3.05, 3.63) is 18.3 Å². The van der Waals surface area contributed by atoms with E-state index in [1.54, 1.807) is 23.2 Å². The minimum Gasteiger partial charge on any atom is -0.491 e. The standard InChI is InChI=1S/C10H12N4O/c11-7-14-4-2-8(14)6-15-9-1-3-13-10(12)5-9/h1,3,5,8H,2,4,6H2,(H2,12,13). The van der Waals surface area contributed by atoms with Gasteiger partial charge in [-0.2, -0.15) is 5.26 Å². The summed E-state index contributed by atoms with van der Waals surface area (Å²) in [5, 5.41) is 8.69. The molecule has 2 heterocycles. The van der Waals surface area contributed by atoms with Crippen LogP contribution in [0.4, 0.5) is 5.82 Å². The summed E-state index contributed by atoms with van der Waals surface area (Å²) >= 11 is 0. The summed E-state index contributed by atoms with van der Waals surface area (Å²) < 4.78 is 5.51. The number of nitrogen functional groups attached to an aromatic ring is 1. The number of ether oxygens (including phenoxy) is 1. The third-order valence-electron chi connectivity index (χ3n) is 2.47. The lowest BCUT2D eigenvalue weighted by molar-refractivity contribution is 0.105. The van der Waals surface area contributed by atoms with Crippen LogP contribution in [0.2, 0.25) is 0 Å². The first-order valence-corrected chi connectivity index (χ1v) is 4.80. The van der Waals surface area contributed by atoms with Gasteiger partial charge in [0.05, 0.1) is 6.04 Å². The van der Waals surface area contributed by atoms with Crippen LogP contribution in [0.3, 0.4) is 0 Å². The smallest absolute Gasteiger partial charge is 0.179 e. The fourth-order valence-corrected chi connectivity index (χ4v) is 1.46. The van der Waals surface area contributed by atoms with E-state index in [1.807, 2.05) is 0 Å². The molecule has 0 bridgehead atoms. The maximum Gasteiger partial charge on any atom is 0.179 e. The van der Waals surface area contributed by atoms with E-state index >= 15 is 0 Å². The molecular weight excluding hydrogens is 192 g/mol. The van der Waals surface area contributed by atoms with Crippen molar-refractivity contribution < 1.29 is 4.74 Å². The average Bonchev–Trinajstić information content (AvgIpc) is 2.17. The van der Waals surface area contributed by atoms with E-state index in [2.05, 4.69) is 11.2 Å². The van der Waals surface area contributed by atoms with Crippen LogP contribution in [0.25, 0.3) is 0 Å². The average molecular weight is 204 g/mol. The van der Waals surface area contributed by atoms with Gasteiger partial charge in [0.2, 0.25) is 0 Å². The van der Waals surface area contributed by atoms with E-state index in [4.69, 9.17) is 15.7 Å². The lowest BCUT2D eigenvalue weighted by atomic mass is 10.1. The molecule has 0 saturated carbocycles. The Kier molecular flexibility index (Phi) is 2.59. The van der Waals surface area contributed by atoms with Crippen molar-refractivity contribution in [2.75, 3.05) is 18.9 Å². The predicted molar refractivity (Wildman–Crippen MR) is 54.9 cm³/mol. The van der Waals surface area contributed by atoms with Gasteiger partial charge in [0, 0.05) is 18.8 Å². The van der Waals surface area contributed by atoms with Crippen molar-refractivity contribution in [2.45, 2.75) is 12.5 Å². The Morgan fingerprint density at radius 3 is 3.20 bits per heavy atom. The highest BCUT2D eigenvalue weighted by molar-refractivity contribution is 5.35. The van der Waals surface area contributed by atoms with Crippen molar-refractivity contribution in [2.24, 2.45) is 0 Å². The second-order valence-electron chi connectivity index (χ2n) is 3.46. The van der Waals surface area contributed by atoms with Gasteiger partial charge < -0.3 is 15.4 Å². The van der Waals surface area contributed by atoms with Crippen LogP contribution < -0.4 is 10.5 Å². The molecule has 15 heavy (non-hydrogen) atoms. The molecule has 1 saturated heterocycles. The molecule has 0 radical (unpaired) electrons. The maximum atomic E-state index is 8.69. The topological polar surface area (TPSA) is 75.2 Å². The monoisotopic (exact) mass is 204 g/mol. The second-order valence-corrected chi connectivity index (χ2v) is 3.46. The fraction of sp³-hybridized carbons (Fsp3) is 0.400. The Labute approximate surface area is 88.1 Å². The van der Waals surface area contributed by atoms with E-state index in [0.717, 1.165) is 13.0 Å². The molecule has 1 aliphatic heterocycles. The molecule has 0 aliphatic carbocycles. The van der Waals surface area contributed by atoms with Gasteiger partial charge in [0.1, 0.15) is 18.2 Å². The first kappa shape index (κ1) is 9.59. The number of anilines is 1. The van der Waals surface area contributed by atoms with Crippen molar-refractivity contribution >= 4 is 5.82 Å². The zero-order valence-electron chi connectivity index (χ0n) is 8.26. The molecular formula is C10H12N4O. The van der Waals surface area contributed by atoms with Gasteiger partial charge in [0.15, 0.2) is 6.19 Å². The number of aromatic nitrogens is 1. The Morgan fingerprint density at radius 1 is 1.73 bits per heavy atom. The highest BCUT2D eigenvalue weighted by atomic mass is 16.5. The lowest BCUT2D eigenvalue weighted by Gasteiger charge is -2.35. The molecule has 0 aromatic carbocycles. The minimum absolute atomic E-state index is 0.212. The summed E-state index contributed by atoms with van der Waals surface area (Å²) in [6.07, 6.45) is 4.73. The number of likely N-dealkylation sites (tertiary alicyclic amines) is 1. The van der Waals surface area contributed by atoms with Crippen LogP contribution in [-0.2, 0) is 0 Å². The molecule has 1 aromatic rings. The van der Waals surface area contributed by atoms with Crippen molar-refractivity contribution in [1.82, 2.24) is 9.88 Å². The lowest BCUT2D eigenvalue weighted by Crippen LogP contribution is -2.47. The predicted octanol–water partition coefficient (Wildman–Crippen LogP) is 0.598. The first-order valence-electron chi connectivity index (χ1n) is 4.80. The third-order valence-corrected chi connectivity index (χ3v) is 2.47. The number of hydrogen-bond donors (Lipinski definition) is 1. The van der Waals surface area contributed by atoms with Crippen LogP contribution in [0.15, 0.2) is 18.3 Å². The van der Waals surface area contributed by atoms with Gasteiger partial charge in [-0.3, -0.25) is 0 Å². The Hall–Kier alpha value is -1.96. The molecule has 78 valence electrons. The van der Waals surface area contributed by atoms with E-state index in [9.17, 15) is 0 Å². The SMILES string of the molecule is N#CN1CCC1COc1ccnc(N)c1. The molecule has 5 nitrogen and oxygen atoms in total. The quantitative estimate of drug-likeness (QED) is 0.729. The molecule has 1 unspecified atom stereocenters. The number of pyridine rings is 1. The maximum absolute atomic E-state index is 8.69. The van der Waals surface area contributed by atoms with E-state index in [0.29, 0.717) is 18.2 Å². The number of nitriles is 1. The molecule has 1 fully saturated rings. The van der Waals surface area contributed by atoms with Crippen molar-refractivity contribution in [1.29, 1.82) is 5.26 Å². The normalized spacial score (nSPS) is 19.1. The third kappa shape index (κ3) is 2.10. The summed E-state index contributed by atoms with van der Waals surface area (Å²) in [4.78, 5) is 5.58. The van der Waals surface area contributed by atoms with Crippen molar-refractivity contribution in [3.8, 4) is 11.9 Å². The highest BCUT2D eigenvalue weighted by Gasteiger charge is 2.27. The van der Waals surface area contributed by atoms with Crippen molar-refractivity contribution in [3.63, 3.8) is 0 Å². The molecule has 0 amide bonds. The minimum atomic E-state index is 0.212. The fourth-order valence-electron chi connectivity index (χ4n) is 1.46.